The van der Waals surface area contributed by atoms with Crippen molar-refractivity contribution in [1.82, 2.24) is 15.4 Å². The first-order valence-corrected chi connectivity index (χ1v) is 8.72. The molecule has 25 heavy (non-hydrogen) atoms. The Morgan fingerprint density at radius 3 is 3.04 bits per heavy atom. The molecule has 2 N–H and O–H groups in total. The zero-order valence-electron chi connectivity index (χ0n) is 14.6. The summed E-state index contributed by atoms with van der Waals surface area (Å²) in [4.78, 5) is 23.3. The number of nitrogens with one attached hydrogen (secondary N) is 2. The molecule has 1 aliphatic heterocycles. The number of likely N-dealkylation sites (N-methyl/N-ethyl adjacent to an activating group) is 1. The maximum absolute atomic E-state index is 11.8. The van der Waals surface area contributed by atoms with E-state index in [0.29, 0.717) is 17.4 Å². The minimum atomic E-state index is -0.366. The SMILES string of the molecule is CN(C)CCNc1ncc(/C=C/C(=O)NOC2CCCCO2)cc1Cl. The molecule has 1 aliphatic rings. The highest BCUT2D eigenvalue weighted by atomic mass is 35.5. The number of hydrogen-bond acceptors (Lipinski definition) is 6. The standard InChI is InChI=1S/C17H25ClN4O3/c1-22(2)9-8-19-17-14(18)11-13(12-20-17)6-7-15(23)21-25-16-5-3-4-10-24-16/h6-7,11-12,16H,3-5,8-10H2,1-2H3,(H,19,20)(H,21,23)/b7-6+. The van der Waals surface area contributed by atoms with Crippen molar-refractivity contribution in [3.63, 3.8) is 0 Å². The molecule has 0 saturated carbocycles. The summed E-state index contributed by atoms with van der Waals surface area (Å²) in [7, 11) is 4.00. The van der Waals surface area contributed by atoms with Gasteiger partial charge in [0.1, 0.15) is 5.82 Å². The van der Waals surface area contributed by atoms with Crippen LogP contribution in [0, 0.1) is 0 Å². The molecule has 1 saturated heterocycles. The van der Waals surface area contributed by atoms with E-state index in [0.717, 1.165) is 37.9 Å². The van der Waals surface area contributed by atoms with Crippen LogP contribution in [-0.4, -0.2) is 55.9 Å². The second-order valence-electron chi connectivity index (χ2n) is 6.04. The van der Waals surface area contributed by atoms with E-state index in [4.69, 9.17) is 21.2 Å². The maximum Gasteiger partial charge on any atom is 0.267 e. The summed E-state index contributed by atoms with van der Waals surface area (Å²) in [5.74, 6) is 0.265. The second kappa shape index (κ2) is 10.4. The third-order valence-corrected chi connectivity index (χ3v) is 3.86. The largest absolute Gasteiger partial charge is 0.368 e. The highest BCUT2D eigenvalue weighted by Gasteiger charge is 2.14. The fourth-order valence-corrected chi connectivity index (χ4v) is 2.45. The summed E-state index contributed by atoms with van der Waals surface area (Å²) in [6.07, 6.45) is 7.13. The van der Waals surface area contributed by atoms with Gasteiger partial charge in [0.05, 0.1) is 5.02 Å². The summed E-state index contributed by atoms with van der Waals surface area (Å²) in [5.41, 5.74) is 3.09. The molecular weight excluding hydrogens is 344 g/mol. The van der Waals surface area contributed by atoms with Gasteiger partial charge in [-0.15, -0.1) is 0 Å². The van der Waals surface area contributed by atoms with Gasteiger partial charge in [-0.05, 0) is 44.6 Å². The van der Waals surface area contributed by atoms with Crippen molar-refractivity contribution in [2.45, 2.75) is 25.6 Å². The van der Waals surface area contributed by atoms with E-state index >= 15 is 0 Å². The zero-order valence-corrected chi connectivity index (χ0v) is 15.4. The molecule has 0 aliphatic carbocycles. The molecular formula is C17H25ClN4O3. The molecule has 1 aromatic rings. The van der Waals surface area contributed by atoms with Crippen LogP contribution in [0.25, 0.3) is 6.08 Å². The van der Waals surface area contributed by atoms with E-state index in [9.17, 15) is 4.79 Å². The van der Waals surface area contributed by atoms with Crippen LogP contribution in [-0.2, 0) is 14.4 Å². The lowest BCUT2D eigenvalue weighted by atomic mass is 10.2. The Balaban J connectivity index is 1.79. The summed E-state index contributed by atoms with van der Waals surface area (Å²) >= 11 is 6.21. The maximum atomic E-state index is 11.8. The van der Waals surface area contributed by atoms with Gasteiger partial charge in [-0.1, -0.05) is 11.6 Å². The van der Waals surface area contributed by atoms with E-state index in [1.807, 2.05) is 14.1 Å². The quantitative estimate of drug-likeness (QED) is 0.541. The molecule has 1 fully saturated rings. The number of hydrogen-bond donors (Lipinski definition) is 2. The van der Waals surface area contributed by atoms with Crippen LogP contribution in [0.2, 0.25) is 5.02 Å². The van der Waals surface area contributed by atoms with Gasteiger partial charge in [-0.3, -0.25) is 4.79 Å². The highest BCUT2D eigenvalue weighted by Crippen LogP contribution is 2.20. The molecule has 0 aromatic carbocycles. The number of amides is 1. The van der Waals surface area contributed by atoms with E-state index in [1.165, 1.54) is 6.08 Å². The average Bonchev–Trinajstić information content (AvgIpc) is 2.60. The van der Waals surface area contributed by atoms with E-state index in [1.54, 1.807) is 18.3 Å². The van der Waals surface area contributed by atoms with E-state index in [-0.39, 0.29) is 12.2 Å². The molecule has 0 spiro atoms. The van der Waals surface area contributed by atoms with E-state index < -0.39 is 0 Å². The van der Waals surface area contributed by atoms with Crippen LogP contribution in [0.5, 0.6) is 0 Å². The lowest BCUT2D eigenvalue weighted by Gasteiger charge is -2.21. The smallest absolute Gasteiger partial charge is 0.267 e. The van der Waals surface area contributed by atoms with E-state index in [2.05, 4.69) is 20.7 Å². The molecule has 8 heteroatoms. The monoisotopic (exact) mass is 368 g/mol. The number of rotatable bonds is 8. The lowest BCUT2D eigenvalue weighted by molar-refractivity contribution is -0.198. The zero-order chi connectivity index (χ0) is 18.1. The number of hydroxylamine groups is 1. The fraction of sp³-hybridized carbons (Fsp3) is 0.529. The van der Waals surface area contributed by atoms with Crippen LogP contribution in [0.4, 0.5) is 5.82 Å². The Morgan fingerprint density at radius 1 is 1.52 bits per heavy atom. The van der Waals surface area contributed by atoms with Crippen LogP contribution in [0.1, 0.15) is 24.8 Å². The highest BCUT2D eigenvalue weighted by molar-refractivity contribution is 6.33. The number of aromatic nitrogens is 1. The van der Waals surface area contributed by atoms with Gasteiger partial charge in [-0.2, -0.15) is 0 Å². The number of carbonyl (C=O) groups excluding carboxylic acids is 1. The number of pyridine rings is 1. The Hall–Kier alpha value is -1.67. The molecule has 7 nitrogen and oxygen atoms in total. The minimum absolute atomic E-state index is 0.363. The second-order valence-corrected chi connectivity index (χ2v) is 6.45. The van der Waals surface area contributed by atoms with Crippen molar-refractivity contribution in [3.05, 3.63) is 28.9 Å². The fourth-order valence-electron chi connectivity index (χ4n) is 2.21. The Morgan fingerprint density at radius 2 is 2.36 bits per heavy atom. The predicted octanol–water partition coefficient (Wildman–Crippen LogP) is 2.30. The normalized spacial score (nSPS) is 17.8. The first-order valence-electron chi connectivity index (χ1n) is 8.34. The summed E-state index contributed by atoms with van der Waals surface area (Å²) in [5, 5.41) is 3.68. The van der Waals surface area contributed by atoms with Crippen molar-refractivity contribution in [2.75, 3.05) is 39.1 Å². The van der Waals surface area contributed by atoms with Crippen molar-refractivity contribution in [2.24, 2.45) is 0 Å². The summed E-state index contributed by atoms with van der Waals surface area (Å²) < 4.78 is 5.37. The Labute approximate surface area is 153 Å². The van der Waals surface area contributed by atoms with Gasteiger partial charge >= 0.3 is 0 Å². The summed E-state index contributed by atoms with van der Waals surface area (Å²) in [6.45, 7) is 2.29. The van der Waals surface area contributed by atoms with Gasteiger partial charge in [0.2, 0.25) is 0 Å². The molecule has 1 unspecified atom stereocenters. The van der Waals surface area contributed by atoms with Crippen molar-refractivity contribution < 1.29 is 14.4 Å². The molecule has 1 aromatic heterocycles. The van der Waals surface area contributed by atoms with Crippen molar-refractivity contribution >= 4 is 29.4 Å². The van der Waals surface area contributed by atoms with Crippen LogP contribution >= 0.6 is 11.6 Å². The third-order valence-electron chi connectivity index (χ3n) is 3.57. The van der Waals surface area contributed by atoms with Gasteiger partial charge in [0.15, 0.2) is 6.29 Å². The molecule has 1 atom stereocenters. The van der Waals surface area contributed by atoms with Crippen LogP contribution in [0.3, 0.4) is 0 Å². The van der Waals surface area contributed by atoms with Gasteiger partial charge in [0, 0.05) is 38.4 Å². The van der Waals surface area contributed by atoms with Crippen LogP contribution < -0.4 is 10.8 Å². The van der Waals surface area contributed by atoms with Crippen LogP contribution in [0.15, 0.2) is 18.3 Å². The number of nitrogens with zero attached hydrogens (tertiary/aromatic N) is 2. The third kappa shape index (κ3) is 7.39. The summed E-state index contributed by atoms with van der Waals surface area (Å²) in [6, 6.07) is 1.75. The Kier molecular flexibility index (Phi) is 8.14. The predicted molar refractivity (Wildman–Crippen MR) is 98.1 cm³/mol. The topological polar surface area (TPSA) is 75.7 Å². The Bertz CT molecular complexity index is 589. The first-order chi connectivity index (χ1) is 12.0. The molecule has 2 heterocycles. The molecule has 0 bridgehead atoms. The lowest BCUT2D eigenvalue weighted by Crippen LogP contribution is -2.32. The first kappa shape index (κ1) is 19.7. The molecule has 138 valence electrons. The average molecular weight is 369 g/mol. The molecule has 1 amide bonds. The van der Waals surface area contributed by atoms with Gasteiger partial charge in [0.25, 0.3) is 5.91 Å². The molecule has 2 rings (SSSR count). The number of halogens is 1. The molecule has 0 radical (unpaired) electrons. The number of ether oxygens (including phenoxy) is 1. The van der Waals surface area contributed by atoms with Gasteiger partial charge in [-0.25, -0.2) is 15.3 Å². The van der Waals surface area contributed by atoms with Gasteiger partial charge < -0.3 is 15.0 Å². The minimum Gasteiger partial charge on any atom is -0.368 e. The number of anilines is 1. The van der Waals surface area contributed by atoms with Crippen molar-refractivity contribution in [3.8, 4) is 0 Å². The van der Waals surface area contributed by atoms with Crippen molar-refractivity contribution in [1.29, 1.82) is 0 Å². The number of carbonyl (C=O) groups is 1.